The molecule has 0 amide bonds. The lowest BCUT2D eigenvalue weighted by Crippen LogP contribution is -2.42. The zero-order valence-electron chi connectivity index (χ0n) is 10.5. The van der Waals surface area contributed by atoms with Gasteiger partial charge in [0.15, 0.2) is 0 Å². The molecule has 0 heterocycles. The van der Waals surface area contributed by atoms with E-state index in [9.17, 15) is 43.2 Å². The SMILES string of the molecule is O=S(=O)(OC1CCCCC1OS(=O)(=O)C(F)(F)F)C(F)(F)F. The molecular formula is C8H10F6O6S2. The summed E-state index contributed by atoms with van der Waals surface area (Å²) in [5.41, 5.74) is -11.6. The van der Waals surface area contributed by atoms with Crippen molar-refractivity contribution in [2.45, 2.75) is 48.9 Å². The lowest BCUT2D eigenvalue weighted by molar-refractivity contribution is -0.0747. The number of rotatable bonds is 4. The van der Waals surface area contributed by atoms with Crippen LogP contribution in [-0.2, 0) is 28.6 Å². The molecule has 0 aromatic rings. The first kappa shape index (κ1) is 19.4. The molecule has 0 radical (unpaired) electrons. The fourth-order valence-electron chi connectivity index (χ4n) is 1.72. The molecule has 2 unspecified atom stereocenters. The van der Waals surface area contributed by atoms with E-state index in [1.54, 1.807) is 0 Å². The molecule has 0 aromatic heterocycles. The molecule has 14 heteroatoms. The van der Waals surface area contributed by atoms with Crippen molar-refractivity contribution in [3.63, 3.8) is 0 Å². The lowest BCUT2D eigenvalue weighted by Gasteiger charge is -2.30. The largest absolute Gasteiger partial charge is 0.523 e. The van der Waals surface area contributed by atoms with Gasteiger partial charge in [-0.05, 0) is 12.8 Å². The Bertz CT molecular complexity index is 538. The zero-order chi connectivity index (χ0) is 17.4. The Kier molecular flexibility index (Phi) is 5.42. The number of hydrogen-bond donors (Lipinski definition) is 0. The van der Waals surface area contributed by atoms with Crippen molar-refractivity contribution >= 4 is 20.2 Å². The summed E-state index contributed by atoms with van der Waals surface area (Å²) in [6.45, 7) is 0. The molecular weight excluding hydrogens is 370 g/mol. The molecule has 1 saturated carbocycles. The minimum Gasteiger partial charge on any atom is -0.257 e. The van der Waals surface area contributed by atoms with Crippen LogP contribution in [0.1, 0.15) is 25.7 Å². The van der Waals surface area contributed by atoms with Crippen LogP contribution < -0.4 is 0 Å². The van der Waals surface area contributed by atoms with E-state index in [1.165, 1.54) is 0 Å². The van der Waals surface area contributed by atoms with Crippen molar-refractivity contribution in [2.24, 2.45) is 0 Å². The van der Waals surface area contributed by atoms with Gasteiger partial charge in [-0.1, -0.05) is 12.8 Å². The van der Waals surface area contributed by atoms with E-state index < -0.39 is 56.3 Å². The maximum atomic E-state index is 12.2. The van der Waals surface area contributed by atoms with E-state index in [0.29, 0.717) is 0 Å². The molecule has 0 spiro atoms. The van der Waals surface area contributed by atoms with Crippen LogP contribution >= 0.6 is 0 Å². The van der Waals surface area contributed by atoms with E-state index in [0.717, 1.165) is 0 Å². The van der Waals surface area contributed by atoms with Crippen LogP contribution in [-0.4, -0.2) is 40.1 Å². The second kappa shape index (κ2) is 6.13. The third-order valence-corrected chi connectivity index (χ3v) is 4.84. The lowest BCUT2D eigenvalue weighted by atomic mass is 9.95. The Morgan fingerprint density at radius 2 is 0.955 bits per heavy atom. The molecule has 1 fully saturated rings. The first-order valence-corrected chi connectivity index (χ1v) is 8.48. The molecule has 22 heavy (non-hydrogen) atoms. The summed E-state index contributed by atoms with van der Waals surface area (Å²) in [6, 6.07) is 0. The zero-order valence-corrected chi connectivity index (χ0v) is 12.1. The predicted octanol–water partition coefficient (Wildman–Crippen LogP) is 2.03. The predicted molar refractivity (Wildman–Crippen MR) is 58.2 cm³/mol. The van der Waals surface area contributed by atoms with Crippen LogP contribution in [0.25, 0.3) is 0 Å². The molecule has 6 nitrogen and oxygen atoms in total. The highest BCUT2D eigenvalue weighted by Gasteiger charge is 2.52. The van der Waals surface area contributed by atoms with E-state index >= 15 is 0 Å². The first-order valence-electron chi connectivity index (χ1n) is 5.66. The van der Waals surface area contributed by atoms with Gasteiger partial charge in [-0.15, -0.1) is 0 Å². The topological polar surface area (TPSA) is 86.7 Å². The van der Waals surface area contributed by atoms with Crippen molar-refractivity contribution < 1.29 is 51.5 Å². The van der Waals surface area contributed by atoms with Gasteiger partial charge in [0.25, 0.3) is 0 Å². The van der Waals surface area contributed by atoms with Gasteiger partial charge in [0, 0.05) is 0 Å². The van der Waals surface area contributed by atoms with Gasteiger partial charge in [0.05, 0.1) is 0 Å². The smallest absolute Gasteiger partial charge is 0.257 e. The highest BCUT2D eigenvalue weighted by Crippen LogP contribution is 2.34. The highest BCUT2D eigenvalue weighted by atomic mass is 32.2. The molecule has 0 aromatic carbocycles. The van der Waals surface area contributed by atoms with Gasteiger partial charge < -0.3 is 0 Å². The second-order valence-corrected chi connectivity index (χ2v) is 7.48. The van der Waals surface area contributed by atoms with Gasteiger partial charge in [-0.2, -0.15) is 43.2 Å². The molecule has 0 aliphatic heterocycles. The molecule has 1 aliphatic rings. The summed E-state index contributed by atoms with van der Waals surface area (Å²) in [5.74, 6) is 0. The fourth-order valence-corrected chi connectivity index (χ4v) is 3.03. The quantitative estimate of drug-likeness (QED) is 0.421. The third-order valence-electron chi connectivity index (χ3n) is 2.71. The number of halogens is 6. The normalized spacial score (nSPS) is 25.2. The van der Waals surface area contributed by atoms with Crippen LogP contribution in [0.4, 0.5) is 26.3 Å². The number of alkyl halides is 6. The van der Waals surface area contributed by atoms with Gasteiger partial charge in [-0.25, -0.2) is 0 Å². The van der Waals surface area contributed by atoms with Crippen LogP contribution in [0.3, 0.4) is 0 Å². The monoisotopic (exact) mass is 380 g/mol. The second-order valence-electron chi connectivity index (χ2n) is 4.35. The van der Waals surface area contributed by atoms with Gasteiger partial charge in [0.2, 0.25) is 0 Å². The van der Waals surface area contributed by atoms with Gasteiger partial charge >= 0.3 is 31.3 Å². The van der Waals surface area contributed by atoms with E-state index in [1.807, 2.05) is 0 Å². The first-order chi connectivity index (χ1) is 9.67. The average Bonchev–Trinajstić information content (AvgIpc) is 2.28. The van der Waals surface area contributed by atoms with Crippen molar-refractivity contribution in [3.8, 4) is 0 Å². The Morgan fingerprint density at radius 1 is 0.682 bits per heavy atom. The average molecular weight is 380 g/mol. The third kappa shape index (κ3) is 4.45. The van der Waals surface area contributed by atoms with E-state index in [4.69, 9.17) is 0 Å². The Hall–Kier alpha value is -0.600. The van der Waals surface area contributed by atoms with Gasteiger partial charge in [0.1, 0.15) is 12.2 Å². The van der Waals surface area contributed by atoms with Crippen LogP contribution in [0.5, 0.6) is 0 Å². The number of hydrogen-bond acceptors (Lipinski definition) is 6. The Balaban J connectivity index is 2.95. The Morgan fingerprint density at radius 3 is 1.18 bits per heavy atom. The molecule has 0 N–H and O–H groups in total. The van der Waals surface area contributed by atoms with Crippen LogP contribution in [0.15, 0.2) is 0 Å². The molecule has 1 aliphatic carbocycles. The maximum absolute atomic E-state index is 12.2. The van der Waals surface area contributed by atoms with Crippen molar-refractivity contribution in [3.05, 3.63) is 0 Å². The van der Waals surface area contributed by atoms with Crippen molar-refractivity contribution in [2.75, 3.05) is 0 Å². The van der Waals surface area contributed by atoms with Crippen molar-refractivity contribution in [1.29, 1.82) is 0 Å². The minimum absolute atomic E-state index is 0.143. The summed E-state index contributed by atoms with van der Waals surface area (Å²) in [4.78, 5) is 0. The van der Waals surface area contributed by atoms with Crippen LogP contribution in [0, 0.1) is 0 Å². The molecule has 0 saturated heterocycles. The van der Waals surface area contributed by atoms with E-state index in [2.05, 4.69) is 8.37 Å². The molecule has 132 valence electrons. The maximum Gasteiger partial charge on any atom is 0.523 e. The minimum atomic E-state index is -6.08. The Labute approximate surface area is 121 Å². The molecule has 1 rings (SSSR count). The summed E-state index contributed by atoms with van der Waals surface area (Å²) >= 11 is 0. The summed E-state index contributed by atoms with van der Waals surface area (Å²) in [6.07, 6.45) is -4.45. The molecule has 0 bridgehead atoms. The van der Waals surface area contributed by atoms with Crippen LogP contribution in [0.2, 0.25) is 0 Å². The van der Waals surface area contributed by atoms with Gasteiger partial charge in [-0.3, -0.25) is 8.37 Å². The standard InChI is InChI=1S/C8H10F6O6S2/c9-7(10,11)21(15,16)19-5-3-1-2-4-6(5)20-22(17,18)8(12,13)14/h5-6H,1-4H2. The summed E-state index contributed by atoms with van der Waals surface area (Å²) in [5, 5.41) is 0. The highest BCUT2D eigenvalue weighted by molar-refractivity contribution is 7.88. The molecule has 2 atom stereocenters. The van der Waals surface area contributed by atoms with E-state index in [-0.39, 0.29) is 12.8 Å². The van der Waals surface area contributed by atoms with Crippen molar-refractivity contribution in [1.82, 2.24) is 0 Å². The summed E-state index contributed by atoms with van der Waals surface area (Å²) in [7, 11) is -12.2. The summed E-state index contributed by atoms with van der Waals surface area (Å²) < 4.78 is 124. The fraction of sp³-hybridized carbons (Fsp3) is 1.00.